The van der Waals surface area contributed by atoms with Gasteiger partial charge in [0.15, 0.2) is 5.82 Å². The van der Waals surface area contributed by atoms with Gasteiger partial charge in [0.05, 0.1) is 23.1 Å². The Labute approximate surface area is 152 Å². The highest BCUT2D eigenvalue weighted by atomic mass is 19.4. The topological polar surface area (TPSA) is 78.2 Å². The summed E-state index contributed by atoms with van der Waals surface area (Å²) in [7, 11) is 0. The standard InChI is InChI=1S/C17H10F5N5O/c18-10-2-1-3-11(19)9(10)7-26-16(28)27-13-5-4-8(17(20,21)22)6-12(13)24-14(23)15(27)25-26/h1-6H,7H2,(H2,23,24). The van der Waals surface area contributed by atoms with Gasteiger partial charge in [-0.1, -0.05) is 6.07 Å². The lowest BCUT2D eigenvalue weighted by Gasteiger charge is -2.08. The Kier molecular flexibility index (Phi) is 3.84. The summed E-state index contributed by atoms with van der Waals surface area (Å²) in [5.74, 6) is -2.03. The minimum atomic E-state index is -4.60. The minimum Gasteiger partial charge on any atom is -0.381 e. The Morgan fingerprint density at radius 1 is 1.07 bits per heavy atom. The maximum absolute atomic E-state index is 13.9. The van der Waals surface area contributed by atoms with E-state index in [4.69, 9.17) is 5.73 Å². The molecule has 0 atom stereocenters. The number of alkyl halides is 3. The largest absolute Gasteiger partial charge is 0.416 e. The molecule has 0 aliphatic heterocycles. The molecule has 144 valence electrons. The van der Waals surface area contributed by atoms with E-state index in [1.54, 1.807) is 0 Å². The Bertz CT molecular complexity index is 1270. The number of nitrogens with two attached hydrogens (primary N) is 1. The van der Waals surface area contributed by atoms with Gasteiger partial charge in [0, 0.05) is 5.56 Å². The molecular formula is C17H10F5N5O. The summed E-state index contributed by atoms with van der Waals surface area (Å²) in [6.45, 7) is -0.527. The molecule has 2 aromatic carbocycles. The summed E-state index contributed by atoms with van der Waals surface area (Å²) < 4.78 is 68.2. The summed E-state index contributed by atoms with van der Waals surface area (Å²) in [6.07, 6.45) is -4.60. The first-order valence-electron chi connectivity index (χ1n) is 7.85. The average Bonchev–Trinajstić information content (AvgIpc) is 2.95. The second-order valence-electron chi connectivity index (χ2n) is 6.00. The van der Waals surface area contributed by atoms with E-state index in [1.807, 2.05) is 0 Å². The lowest BCUT2D eigenvalue weighted by atomic mass is 10.2. The normalized spacial score (nSPS) is 12.2. The molecule has 0 amide bonds. The van der Waals surface area contributed by atoms with Crippen LogP contribution >= 0.6 is 0 Å². The summed E-state index contributed by atoms with van der Waals surface area (Å²) >= 11 is 0. The fourth-order valence-electron chi connectivity index (χ4n) is 2.89. The van der Waals surface area contributed by atoms with E-state index >= 15 is 0 Å². The van der Waals surface area contributed by atoms with Gasteiger partial charge in [0.1, 0.15) is 11.6 Å². The predicted molar refractivity (Wildman–Crippen MR) is 89.6 cm³/mol. The van der Waals surface area contributed by atoms with Gasteiger partial charge in [-0.05, 0) is 30.3 Å². The highest BCUT2D eigenvalue weighted by molar-refractivity contribution is 5.82. The van der Waals surface area contributed by atoms with E-state index in [1.165, 1.54) is 6.07 Å². The molecule has 28 heavy (non-hydrogen) atoms. The number of nitrogen functional groups attached to an aromatic ring is 1. The van der Waals surface area contributed by atoms with Crippen molar-refractivity contribution in [3.8, 4) is 0 Å². The molecule has 2 heterocycles. The van der Waals surface area contributed by atoms with E-state index in [0.29, 0.717) is 0 Å². The third-order valence-corrected chi connectivity index (χ3v) is 4.22. The first kappa shape index (κ1) is 17.9. The van der Waals surface area contributed by atoms with E-state index in [0.717, 1.165) is 39.4 Å². The van der Waals surface area contributed by atoms with Crippen molar-refractivity contribution in [3.05, 3.63) is 69.6 Å². The number of anilines is 1. The molecule has 0 bridgehead atoms. The van der Waals surface area contributed by atoms with Crippen molar-refractivity contribution in [2.75, 3.05) is 5.73 Å². The van der Waals surface area contributed by atoms with Crippen LogP contribution in [0, 0.1) is 11.6 Å². The van der Waals surface area contributed by atoms with Crippen molar-refractivity contribution in [1.29, 1.82) is 0 Å². The smallest absolute Gasteiger partial charge is 0.381 e. The van der Waals surface area contributed by atoms with E-state index in [2.05, 4.69) is 10.1 Å². The number of benzene rings is 2. The van der Waals surface area contributed by atoms with Gasteiger partial charge in [-0.25, -0.2) is 27.6 Å². The number of rotatable bonds is 2. The van der Waals surface area contributed by atoms with E-state index in [9.17, 15) is 26.7 Å². The first-order chi connectivity index (χ1) is 13.2. The molecule has 2 aromatic heterocycles. The fraction of sp³-hybridized carbons (Fsp3) is 0.118. The van der Waals surface area contributed by atoms with E-state index < -0.39 is 35.6 Å². The molecule has 2 N–H and O–H groups in total. The predicted octanol–water partition coefficient (Wildman–Crippen LogP) is 2.97. The maximum atomic E-state index is 13.9. The molecule has 0 saturated carbocycles. The third-order valence-electron chi connectivity index (χ3n) is 4.22. The van der Waals surface area contributed by atoms with Gasteiger partial charge in [-0.2, -0.15) is 13.2 Å². The molecule has 4 rings (SSSR count). The number of hydrogen-bond donors (Lipinski definition) is 1. The van der Waals surface area contributed by atoms with Gasteiger partial charge in [-0.3, -0.25) is 0 Å². The number of nitrogens with zero attached hydrogens (tertiary/aromatic N) is 4. The molecule has 0 aliphatic rings. The van der Waals surface area contributed by atoms with Crippen molar-refractivity contribution in [2.45, 2.75) is 12.7 Å². The zero-order chi connectivity index (χ0) is 20.2. The van der Waals surface area contributed by atoms with Gasteiger partial charge >= 0.3 is 11.9 Å². The molecular weight excluding hydrogens is 385 g/mol. The van der Waals surface area contributed by atoms with Crippen LogP contribution in [0.25, 0.3) is 16.7 Å². The van der Waals surface area contributed by atoms with Crippen LogP contribution in [0.1, 0.15) is 11.1 Å². The SMILES string of the molecule is Nc1nc2cc(C(F)(F)F)ccc2n2c(=O)n(Cc3c(F)cccc3F)nc12. The van der Waals surface area contributed by atoms with Crippen molar-refractivity contribution >= 4 is 22.5 Å². The molecule has 0 unspecified atom stereocenters. The summed E-state index contributed by atoms with van der Waals surface area (Å²) in [5.41, 5.74) is 3.31. The first-order valence-corrected chi connectivity index (χ1v) is 7.85. The molecule has 11 heteroatoms. The van der Waals surface area contributed by atoms with Crippen LogP contribution in [0.4, 0.5) is 27.8 Å². The van der Waals surface area contributed by atoms with Crippen LogP contribution in [-0.4, -0.2) is 19.2 Å². The van der Waals surface area contributed by atoms with Gasteiger partial charge in [0.25, 0.3) is 0 Å². The zero-order valence-corrected chi connectivity index (χ0v) is 13.8. The van der Waals surface area contributed by atoms with Gasteiger partial charge in [-0.15, -0.1) is 5.10 Å². The minimum absolute atomic E-state index is 0.0301. The molecule has 0 fully saturated rings. The van der Waals surface area contributed by atoms with E-state index in [-0.39, 0.29) is 28.1 Å². The lowest BCUT2D eigenvalue weighted by Crippen LogP contribution is -2.23. The number of aromatic nitrogens is 4. The van der Waals surface area contributed by atoms with Crippen molar-refractivity contribution in [2.24, 2.45) is 0 Å². The highest BCUT2D eigenvalue weighted by Gasteiger charge is 2.31. The third kappa shape index (κ3) is 2.75. The number of fused-ring (bicyclic) bond motifs is 3. The Morgan fingerprint density at radius 2 is 1.75 bits per heavy atom. The Morgan fingerprint density at radius 3 is 2.39 bits per heavy atom. The van der Waals surface area contributed by atoms with Crippen LogP contribution in [-0.2, 0) is 12.7 Å². The molecule has 0 aliphatic carbocycles. The van der Waals surface area contributed by atoms with Crippen molar-refractivity contribution in [1.82, 2.24) is 19.2 Å². The Hall–Kier alpha value is -3.50. The van der Waals surface area contributed by atoms with Crippen LogP contribution in [0.5, 0.6) is 0 Å². The van der Waals surface area contributed by atoms with Crippen molar-refractivity contribution < 1.29 is 22.0 Å². The number of hydrogen-bond acceptors (Lipinski definition) is 4. The zero-order valence-electron chi connectivity index (χ0n) is 13.8. The summed E-state index contributed by atoms with van der Waals surface area (Å²) in [6, 6.07) is 5.85. The van der Waals surface area contributed by atoms with Gasteiger partial charge < -0.3 is 5.73 Å². The lowest BCUT2D eigenvalue weighted by molar-refractivity contribution is -0.137. The second-order valence-corrected chi connectivity index (χ2v) is 6.00. The quantitative estimate of drug-likeness (QED) is 0.530. The fourth-order valence-corrected chi connectivity index (χ4v) is 2.89. The van der Waals surface area contributed by atoms with Crippen LogP contribution in [0.2, 0.25) is 0 Å². The van der Waals surface area contributed by atoms with Crippen LogP contribution in [0.3, 0.4) is 0 Å². The molecule has 0 radical (unpaired) electrons. The molecule has 6 nitrogen and oxygen atoms in total. The highest BCUT2D eigenvalue weighted by Crippen LogP contribution is 2.31. The molecule has 4 aromatic rings. The second kappa shape index (κ2) is 6.01. The summed E-state index contributed by atoms with van der Waals surface area (Å²) in [5, 5.41) is 3.93. The van der Waals surface area contributed by atoms with Crippen molar-refractivity contribution in [3.63, 3.8) is 0 Å². The maximum Gasteiger partial charge on any atom is 0.416 e. The van der Waals surface area contributed by atoms with Crippen LogP contribution in [0.15, 0.2) is 41.2 Å². The molecule has 0 spiro atoms. The van der Waals surface area contributed by atoms with Crippen LogP contribution < -0.4 is 11.4 Å². The average molecular weight is 395 g/mol. The summed E-state index contributed by atoms with van der Waals surface area (Å²) in [4.78, 5) is 16.6. The number of halogens is 5. The monoisotopic (exact) mass is 395 g/mol. The van der Waals surface area contributed by atoms with Gasteiger partial charge in [0.2, 0.25) is 5.65 Å². The Balaban J connectivity index is 1.94. The molecule has 0 saturated heterocycles.